The van der Waals surface area contributed by atoms with Gasteiger partial charge in [-0.2, -0.15) is 10.5 Å². The first-order valence-electron chi connectivity index (χ1n) is 14.9. The molecule has 1 aromatic heterocycles. The fraction of sp³-hybridized carbons (Fsp3) is 0. The van der Waals surface area contributed by atoms with Crippen LogP contribution in [0.1, 0.15) is 11.1 Å². The van der Waals surface area contributed by atoms with Gasteiger partial charge in [0, 0.05) is 16.7 Å². The largest absolute Gasteiger partial charge is 0.208 e. The van der Waals surface area contributed by atoms with Crippen molar-refractivity contribution >= 4 is 32.3 Å². The quantitative estimate of drug-likeness (QED) is 0.192. The maximum absolute atomic E-state index is 9.26. The van der Waals surface area contributed by atoms with Gasteiger partial charge in [0.15, 0.2) is 17.5 Å². The molecular weight excluding hydrogens is 562 g/mol. The lowest BCUT2D eigenvalue weighted by molar-refractivity contribution is 1.07. The van der Waals surface area contributed by atoms with Gasteiger partial charge in [0.25, 0.3) is 0 Å². The molecule has 46 heavy (non-hydrogen) atoms. The molecule has 0 aliphatic heterocycles. The van der Waals surface area contributed by atoms with Gasteiger partial charge in [0.05, 0.1) is 23.3 Å². The van der Waals surface area contributed by atoms with Gasteiger partial charge in [-0.15, -0.1) is 0 Å². The minimum atomic E-state index is 0.506. The van der Waals surface area contributed by atoms with Crippen LogP contribution in [0.4, 0.5) is 0 Å². The number of benzene rings is 7. The van der Waals surface area contributed by atoms with Crippen molar-refractivity contribution in [3.8, 4) is 57.4 Å². The molecule has 0 unspecified atom stereocenters. The molecule has 0 saturated heterocycles. The molecule has 0 N–H and O–H groups in total. The third kappa shape index (κ3) is 4.70. The van der Waals surface area contributed by atoms with Crippen molar-refractivity contribution in [2.45, 2.75) is 0 Å². The summed E-state index contributed by atoms with van der Waals surface area (Å²) in [6, 6.07) is 50.9. The first kappa shape index (κ1) is 26.9. The molecule has 5 nitrogen and oxygen atoms in total. The van der Waals surface area contributed by atoms with Crippen molar-refractivity contribution in [2.24, 2.45) is 0 Å². The van der Waals surface area contributed by atoms with Gasteiger partial charge >= 0.3 is 0 Å². The van der Waals surface area contributed by atoms with Crippen LogP contribution < -0.4 is 0 Å². The van der Waals surface area contributed by atoms with E-state index in [9.17, 15) is 10.5 Å². The Morgan fingerprint density at radius 2 is 0.652 bits per heavy atom. The summed E-state index contributed by atoms with van der Waals surface area (Å²) in [5.74, 6) is 1.55. The maximum Gasteiger partial charge on any atom is 0.164 e. The van der Waals surface area contributed by atoms with E-state index >= 15 is 0 Å². The van der Waals surface area contributed by atoms with E-state index in [-0.39, 0.29) is 0 Å². The number of nitrogens with zero attached hydrogens (tertiary/aromatic N) is 5. The van der Waals surface area contributed by atoms with E-state index in [4.69, 9.17) is 15.0 Å². The first-order chi connectivity index (χ1) is 22.7. The molecular formula is C41H23N5. The summed E-state index contributed by atoms with van der Waals surface area (Å²) in [6.07, 6.45) is 0. The van der Waals surface area contributed by atoms with Crippen LogP contribution in [0, 0.1) is 22.7 Å². The van der Waals surface area contributed by atoms with Crippen molar-refractivity contribution in [2.75, 3.05) is 0 Å². The van der Waals surface area contributed by atoms with E-state index in [2.05, 4.69) is 91.0 Å². The summed E-state index contributed by atoms with van der Waals surface area (Å²) >= 11 is 0. The van der Waals surface area contributed by atoms with Crippen LogP contribution in [0.2, 0.25) is 0 Å². The number of hydrogen-bond acceptors (Lipinski definition) is 5. The van der Waals surface area contributed by atoms with Gasteiger partial charge in [-0.1, -0.05) is 84.9 Å². The second kappa shape index (κ2) is 11.1. The molecule has 7 aromatic carbocycles. The van der Waals surface area contributed by atoms with Crippen LogP contribution in [0.25, 0.3) is 77.6 Å². The van der Waals surface area contributed by atoms with Crippen LogP contribution in [0.3, 0.4) is 0 Å². The summed E-state index contributed by atoms with van der Waals surface area (Å²) < 4.78 is 0. The van der Waals surface area contributed by atoms with Gasteiger partial charge in [-0.05, 0) is 98.0 Å². The van der Waals surface area contributed by atoms with E-state index in [0.29, 0.717) is 28.6 Å². The summed E-state index contributed by atoms with van der Waals surface area (Å²) in [5, 5.41) is 26.0. The van der Waals surface area contributed by atoms with Gasteiger partial charge < -0.3 is 0 Å². The van der Waals surface area contributed by atoms with E-state index in [0.717, 1.165) is 27.8 Å². The predicted octanol–water partition coefficient (Wildman–Crippen LogP) is 9.74. The van der Waals surface area contributed by atoms with Gasteiger partial charge in [-0.3, -0.25) is 0 Å². The smallest absolute Gasteiger partial charge is 0.164 e. The molecule has 0 saturated carbocycles. The van der Waals surface area contributed by atoms with Gasteiger partial charge in [0.1, 0.15) is 0 Å². The fourth-order valence-corrected chi connectivity index (χ4v) is 6.05. The second-order valence-corrected chi connectivity index (χ2v) is 11.1. The molecule has 8 rings (SSSR count). The Balaban J connectivity index is 1.22. The summed E-state index contributed by atoms with van der Waals surface area (Å²) in [7, 11) is 0. The van der Waals surface area contributed by atoms with Gasteiger partial charge in [0.2, 0.25) is 0 Å². The number of nitriles is 2. The Morgan fingerprint density at radius 1 is 0.326 bits per heavy atom. The van der Waals surface area contributed by atoms with Crippen molar-refractivity contribution < 1.29 is 0 Å². The minimum Gasteiger partial charge on any atom is -0.208 e. The van der Waals surface area contributed by atoms with Crippen molar-refractivity contribution in [3.63, 3.8) is 0 Å². The van der Waals surface area contributed by atoms with Crippen molar-refractivity contribution in [1.29, 1.82) is 10.5 Å². The maximum atomic E-state index is 9.26. The highest BCUT2D eigenvalue weighted by Gasteiger charge is 2.14. The molecule has 0 aliphatic carbocycles. The average molecular weight is 586 g/mol. The highest BCUT2D eigenvalue weighted by atomic mass is 15.0. The van der Waals surface area contributed by atoms with Crippen molar-refractivity contribution in [3.05, 3.63) is 151 Å². The normalized spacial score (nSPS) is 11.0. The SMILES string of the molecule is N#Cc1ccc(-c2nc(-c3ccc(C#N)cc3)nc(-c3ccc(-c4ccc5c6ccccc6c6ccccc6c5c4)cc3)n2)cc1. The van der Waals surface area contributed by atoms with Crippen LogP contribution in [0.15, 0.2) is 140 Å². The minimum absolute atomic E-state index is 0.506. The van der Waals surface area contributed by atoms with Crippen molar-refractivity contribution in [1.82, 2.24) is 15.0 Å². The monoisotopic (exact) mass is 585 g/mol. The molecule has 1 heterocycles. The van der Waals surface area contributed by atoms with Crippen LogP contribution in [-0.2, 0) is 0 Å². The average Bonchev–Trinajstić information content (AvgIpc) is 3.14. The highest BCUT2D eigenvalue weighted by Crippen LogP contribution is 2.37. The topological polar surface area (TPSA) is 86.2 Å². The number of rotatable bonds is 4. The van der Waals surface area contributed by atoms with E-state index in [1.54, 1.807) is 24.3 Å². The lowest BCUT2D eigenvalue weighted by Crippen LogP contribution is -2.00. The molecule has 212 valence electrons. The number of aromatic nitrogens is 3. The molecule has 0 spiro atoms. The van der Waals surface area contributed by atoms with Crippen LogP contribution in [0.5, 0.6) is 0 Å². The molecule has 0 aliphatic rings. The molecule has 0 radical (unpaired) electrons. The zero-order chi connectivity index (χ0) is 31.0. The van der Waals surface area contributed by atoms with E-state index in [1.165, 1.54) is 32.3 Å². The Labute approximate surface area is 265 Å². The number of fused-ring (bicyclic) bond motifs is 6. The lowest BCUT2D eigenvalue weighted by atomic mass is 9.92. The fourth-order valence-electron chi connectivity index (χ4n) is 6.05. The Bertz CT molecular complexity index is 2410. The van der Waals surface area contributed by atoms with Crippen LogP contribution >= 0.6 is 0 Å². The van der Waals surface area contributed by atoms with E-state index in [1.807, 2.05) is 36.4 Å². The van der Waals surface area contributed by atoms with E-state index < -0.39 is 0 Å². The molecule has 0 atom stereocenters. The molecule has 5 heteroatoms. The lowest BCUT2D eigenvalue weighted by Gasteiger charge is -2.12. The Morgan fingerprint density at radius 3 is 1.07 bits per heavy atom. The first-order valence-corrected chi connectivity index (χ1v) is 14.9. The molecule has 0 amide bonds. The zero-order valence-electron chi connectivity index (χ0n) is 24.5. The molecule has 0 fully saturated rings. The van der Waals surface area contributed by atoms with Gasteiger partial charge in [-0.25, -0.2) is 15.0 Å². The number of hydrogen-bond donors (Lipinski definition) is 0. The Kier molecular flexibility index (Phi) is 6.49. The second-order valence-electron chi connectivity index (χ2n) is 11.1. The highest BCUT2D eigenvalue weighted by molar-refractivity contribution is 6.25. The Hall–Kier alpha value is -6.69. The summed E-state index contributed by atoms with van der Waals surface area (Å²) in [5.41, 5.74) is 5.78. The molecule has 8 aromatic rings. The third-order valence-corrected chi connectivity index (χ3v) is 8.40. The van der Waals surface area contributed by atoms with Crippen LogP contribution in [-0.4, -0.2) is 15.0 Å². The predicted molar refractivity (Wildman–Crippen MR) is 184 cm³/mol. The zero-order valence-corrected chi connectivity index (χ0v) is 24.5. The standard InChI is InChI=1S/C41H23N5/c42-24-26-9-13-29(14-10-26)39-44-40(30-15-11-27(25-43)12-16-30)46-41(45-39)31-19-17-28(18-20-31)32-21-22-37-35-7-2-1-5-33(35)34-6-3-4-8-36(34)38(37)23-32/h1-23H. The molecule has 0 bridgehead atoms. The summed E-state index contributed by atoms with van der Waals surface area (Å²) in [4.78, 5) is 14.4. The third-order valence-electron chi connectivity index (χ3n) is 8.40. The summed E-state index contributed by atoms with van der Waals surface area (Å²) in [6.45, 7) is 0.